The first kappa shape index (κ1) is 16.9. The molecular formula is C20H20N2O3. The predicted octanol–water partition coefficient (Wildman–Crippen LogP) is 4.03. The number of Topliss-reactive ketones (excluding diaryl/α,β-unsaturated/α-hetero) is 1. The molecule has 0 saturated carbocycles. The van der Waals surface area contributed by atoms with Crippen LogP contribution < -0.4 is 0 Å². The molecule has 1 heterocycles. The summed E-state index contributed by atoms with van der Waals surface area (Å²) < 4.78 is 2.07. The molecule has 0 saturated heterocycles. The Kier molecular flexibility index (Phi) is 4.65. The second-order valence-electron chi connectivity index (χ2n) is 6.12. The largest absolute Gasteiger partial charge is 0.347 e. The van der Waals surface area contributed by atoms with Gasteiger partial charge in [0.2, 0.25) is 5.78 Å². The monoisotopic (exact) mass is 336 g/mol. The van der Waals surface area contributed by atoms with Crippen molar-refractivity contribution in [1.29, 1.82) is 0 Å². The van der Waals surface area contributed by atoms with Gasteiger partial charge in [-0.05, 0) is 24.1 Å². The van der Waals surface area contributed by atoms with E-state index in [9.17, 15) is 14.9 Å². The molecule has 1 aromatic heterocycles. The molecule has 2 atom stereocenters. The topological polar surface area (TPSA) is 65.1 Å². The van der Waals surface area contributed by atoms with E-state index in [1.54, 1.807) is 0 Å². The Morgan fingerprint density at radius 1 is 1.12 bits per heavy atom. The summed E-state index contributed by atoms with van der Waals surface area (Å²) in [7, 11) is 0. The fourth-order valence-electron chi connectivity index (χ4n) is 3.48. The molecule has 3 aromatic rings. The van der Waals surface area contributed by atoms with E-state index in [-0.39, 0.29) is 0 Å². The molecule has 0 N–H and O–H groups in total. The molecule has 0 aliphatic rings. The van der Waals surface area contributed by atoms with E-state index in [1.165, 1.54) is 6.92 Å². The summed E-state index contributed by atoms with van der Waals surface area (Å²) in [5.74, 6) is -1.06. The van der Waals surface area contributed by atoms with Crippen LogP contribution in [0.4, 0.5) is 0 Å². The minimum Gasteiger partial charge on any atom is -0.347 e. The number of aryl methyl sites for hydroxylation is 1. The minimum absolute atomic E-state index is 0.438. The Morgan fingerprint density at radius 2 is 1.76 bits per heavy atom. The molecule has 0 bridgehead atoms. The van der Waals surface area contributed by atoms with Crippen molar-refractivity contribution < 1.29 is 9.72 Å². The first-order valence-electron chi connectivity index (χ1n) is 8.31. The Morgan fingerprint density at radius 3 is 2.36 bits per heavy atom. The highest BCUT2D eigenvalue weighted by molar-refractivity contribution is 5.88. The van der Waals surface area contributed by atoms with Crippen LogP contribution >= 0.6 is 0 Å². The number of benzene rings is 2. The number of nitrogens with zero attached hydrogens (tertiary/aromatic N) is 2. The van der Waals surface area contributed by atoms with Gasteiger partial charge >= 0.3 is 0 Å². The first-order chi connectivity index (χ1) is 12.0. The molecule has 2 aromatic carbocycles. The average Bonchev–Trinajstić information content (AvgIpc) is 2.98. The van der Waals surface area contributed by atoms with E-state index < -0.39 is 22.7 Å². The third kappa shape index (κ3) is 3.05. The number of carbonyl (C=O) groups excluding carboxylic acids is 1. The molecule has 5 nitrogen and oxygen atoms in total. The van der Waals surface area contributed by atoms with Crippen molar-refractivity contribution in [2.45, 2.75) is 32.4 Å². The molecule has 128 valence electrons. The van der Waals surface area contributed by atoms with Crippen LogP contribution in [0.15, 0.2) is 60.8 Å². The van der Waals surface area contributed by atoms with E-state index in [4.69, 9.17) is 0 Å². The minimum atomic E-state index is -1.31. The quantitative estimate of drug-likeness (QED) is 0.504. The summed E-state index contributed by atoms with van der Waals surface area (Å²) >= 11 is 0. The standard InChI is InChI=1S/C20H20N2O3/c1-3-21-13-17(16-11-7-8-12-18(16)21)19(15-9-5-4-6-10-15)20(14(2)23)22(24)25/h4-13,19-20H,3H2,1-2H3/t19-,20+/m0/s1. The fourth-order valence-corrected chi connectivity index (χ4v) is 3.48. The van der Waals surface area contributed by atoms with E-state index in [0.717, 1.165) is 28.6 Å². The maximum Gasteiger partial charge on any atom is 0.280 e. The zero-order chi connectivity index (χ0) is 18.0. The number of aromatic nitrogens is 1. The summed E-state index contributed by atoms with van der Waals surface area (Å²) in [5, 5.41) is 12.7. The summed E-state index contributed by atoms with van der Waals surface area (Å²) in [6, 6.07) is 15.8. The van der Waals surface area contributed by atoms with Crippen molar-refractivity contribution in [3.63, 3.8) is 0 Å². The van der Waals surface area contributed by atoms with Gasteiger partial charge in [-0.3, -0.25) is 14.9 Å². The molecule has 3 rings (SSSR count). The van der Waals surface area contributed by atoms with E-state index in [0.29, 0.717) is 0 Å². The third-order valence-electron chi connectivity index (χ3n) is 4.61. The van der Waals surface area contributed by atoms with Gasteiger partial charge in [0.1, 0.15) is 0 Å². The molecule has 5 heteroatoms. The van der Waals surface area contributed by atoms with Crippen LogP contribution in [0.5, 0.6) is 0 Å². The van der Waals surface area contributed by atoms with Crippen molar-refractivity contribution in [3.8, 4) is 0 Å². The van der Waals surface area contributed by atoms with Crippen molar-refractivity contribution in [3.05, 3.63) is 82.0 Å². The summed E-state index contributed by atoms with van der Waals surface area (Å²) in [5.41, 5.74) is 2.62. The van der Waals surface area contributed by atoms with Crippen LogP contribution in [-0.4, -0.2) is 21.3 Å². The van der Waals surface area contributed by atoms with Crippen molar-refractivity contribution >= 4 is 16.7 Å². The van der Waals surface area contributed by atoms with Crippen LogP contribution in [0.1, 0.15) is 30.9 Å². The van der Waals surface area contributed by atoms with Crippen molar-refractivity contribution in [2.75, 3.05) is 0 Å². The smallest absolute Gasteiger partial charge is 0.280 e. The average molecular weight is 336 g/mol. The Bertz CT molecular complexity index is 901. The van der Waals surface area contributed by atoms with Gasteiger partial charge in [-0.15, -0.1) is 0 Å². The van der Waals surface area contributed by atoms with Crippen LogP contribution in [0.25, 0.3) is 10.9 Å². The zero-order valence-electron chi connectivity index (χ0n) is 14.3. The van der Waals surface area contributed by atoms with Gasteiger partial charge in [0.25, 0.3) is 6.04 Å². The number of rotatable bonds is 6. The van der Waals surface area contributed by atoms with Crippen LogP contribution in [-0.2, 0) is 11.3 Å². The number of hydrogen-bond acceptors (Lipinski definition) is 3. The first-order valence-corrected chi connectivity index (χ1v) is 8.31. The van der Waals surface area contributed by atoms with Crippen LogP contribution in [0.2, 0.25) is 0 Å². The van der Waals surface area contributed by atoms with Crippen LogP contribution in [0, 0.1) is 10.1 Å². The maximum atomic E-state index is 12.1. The second kappa shape index (κ2) is 6.89. The second-order valence-corrected chi connectivity index (χ2v) is 6.12. The van der Waals surface area contributed by atoms with Gasteiger partial charge in [-0.25, -0.2) is 0 Å². The molecule has 0 aliphatic carbocycles. The lowest BCUT2D eigenvalue weighted by Crippen LogP contribution is -2.34. The molecule has 0 fully saturated rings. The van der Waals surface area contributed by atoms with Gasteiger partial charge in [-0.2, -0.15) is 0 Å². The van der Waals surface area contributed by atoms with Gasteiger partial charge in [0.15, 0.2) is 0 Å². The molecule has 0 unspecified atom stereocenters. The van der Waals surface area contributed by atoms with Gasteiger partial charge in [0.05, 0.1) is 5.92 Å². The predicted molar refractivity (Wildman–Crippen MR) is 97.4 cm³/mol. The van der Waals surface area contributed by atoms with E-state index >= 15 is 0 Å². The van der Waals surface area contributed by atoms with Gasteiger partial charge in [-0.1, -0.05) is 48.5 Å². The van der Waals surface area contributed by atoms with Gasteiger partial charge < -0.3 is 4.57 Å². The fraction of sp³-hybridized carbons (Fsp3) is 0.250. The molecule has 0 amide bonds. The Hall–Kier alpha value is -2.95. The van der Waals surface area contributed by atoms with E-state index in [1.807, 2.05) is 67.7 Å². The Labute approximate surface area is 146 Å². The van der Waals surface area contributed by atoms with Crippen molar-refractivity contribution in [2.24, 2.45) is 0 Å². The lowest BCUT2D eigenvalue weighted by molar-refractivity contribution is -0.509. The SMILES string of the molecule is CCn1cc([C@H](c2ccccc2)[C@@H](C(C)=O)[N+](=O)[O-])c2ccccc21. The summed E-state index contributed by atoms with van der Waals surface area (Å²) in [4.78, 5) is 23.4. The highest BCUT2D eigenvalue weighted by atomic mass is 16.6. The van der Waals surface area contributed by atoms with Crippen LogP contribution in [0.3, 0.4) is 0 Å². The summed E-state index contributed by atoms with van der Waals surface area (Å²) in [6.07, 6.45) is 1.95. The maximum absolute atomic E-state index is 12.1. The molecule has 0 radical (unpaired) electrons. The van der Waals surface area contributed by atoms with Gasteiger partial charge in [0, 0.05) is 35.5 Å². The number of hydrogen-bond donors (Lipinski definition) is 0. The zero-order valence-corrected chi connectivity index (χ0v) is 14.3. The van der Waals surface area contributed by atoms with E-state index in [2.05, 4.69) is 4.57 Å². The van der Waals surface area contributed by atoms with Crippen molar-refractivity contribution in [1.82, 2.24) is 4.57 Å². The highest BCUT2D eigenvalue weighted by Gasteiger charge is 2.39. The molecule has 25 heavy (non-hydrogen) atoms. The normalized spacial score (nSPS) is 13.5. The highest BCUT2D eigenvalue weighted by Crippen LogP contribution is 2.36. The number of para-hydroxylation sites is 1. The number of ketones is 1. The lowest BCUT2D eigenvalue weighted by atomic mass is 9.83. The number of nitro groups is 1. The molecule has 0 aliphatic heterocycles. The molecular weight excluding hydrogens is 316 g/mol. The lowest BCUT2D eigenvalue weighted by Gasteiger charge is -2.19. The number of carbonyl (C=O) groups is 1. The molecule has 0 spiro atoms. The number of fused-ring (bicyclic) bond motifs is 1. The third-order valence-corrected chi connectivity index (χ3v) is 4.61. The summed E-state index contributed by atoms with van der Waals surface area (Å²) in [6.45, 7) is 4.08. The Balaban J connectivity index is 2.29.